The molecule has 0 aliphatic rings. The van der Waals surface area contributed by atoms with Gasteiger partial charge < -0.3 is 4.52 Å². The van der Waals surface area contributed by atoms with Gasteiger partial charge in [0.15, 0.2) is 5.82 Å². The van der Waals surface area contributed by atoms with E-state index in [1.807, 2.05) is 0 Å². The molecule has 0 saturated heterocycles. The molecule has 0 bridgehead atoms. The molecule has 1 heterocycles. The molecule has 1 aromatic carbocycles. The zero-order chi connectivity index (χ0) is 14.9. The summed E-state index contributed by atoms with van der Waals surface area (Å²) in [6, 6.07) is 4.20. The molecule has 0 aliphatic heterocycles. The first-order chi connectivity index (χ1) is 9.29. The molecular formula is C11H11Br2N3O3S. The second kappa shape index (κ2) is 5.92. The number of hydrogen-bond acceptors (Lipinski definition) is 5. The van der Waals surface area contributed by atoms with E-state index in [1.54, 1.807) is 26.0 Å². The van der Waals surface area contributed by atoms with E-state index in [0.29, 0.717) is 10.3 Å². The van der Waals surface area contributed by atoms with Gasteiger partial charge in [-0.05, 0) is 48.0 Å². The van der Waals surface area contributed by atoms with Crippen molar-refractivity contribution in [2.75, 3.05) is 0 Å². The van der Waals surface area contributed by atoms with Gasteiger partial charge in [0.25, 0.3) is 0 Å². The minimum absolute atomic E-state index is 0.142. The number of halogens is 2. The van der Waals surface area contributed by atoms with Crippen molar-refractivity contribution in [2.45, 2.75) is 24.8 Å². The zero-order valence-electron chi connectivity index (χ0n) is 10.6. The van der Waals surface area contributed by atoms with Crippen molar-refractivity contribution in [3.8, 4) is 0 Å². The van der Waals surface area contributed by atoms with Crippen molar-refractivity contribution < 1.29 is 12.9 Å². The summed E-state index contributed by atoms with van der Waals surface area (Å²) in [7, 11) is -3.69. The molecule has 2 aromatic rings. The number of aromatic nitrogens is 2. The highest BCUT2D eigenvalue weighted by atomic mass is 79.9. The predicted octanol–water partition coefficient (Wildman–Crippen LogP) is 2.94. The van der Waals surface area contributed by atoms with E-state index in [-0.39, 0.29) is 10.8 Å². The predicted molar refractivity (Wildman–Crippen MR) is 79.6 cm³/mol. The molecule has 2 rings (SSSR count). The van der Waals surface area contributed by atoms with Crippen molar-refractivity contribution in [3.05, 3.63) is 38.9 Å². The third-order valence-electron chi connectivity index (χ3n) is 2.43. The summed E-state index contributed by atoms with van der Waals surface area (Å²) in [5, 5.41) is 3.63. The van der Waals surface area contributed by atoms with E-state index >= 15 is 0 Å². The summed E-state index contributed by atoms with van der Waals surface area (Å²) in [5.74, 6) is 0.676. The topological polar surface area (TPSA) is 85.1 Å². The summed E-state index contributed by atoms with van der Waals surface area (Å²) in [5.41, 5.74) is 0. The van der Waals surface area contributed by atoms with Gasteiger partial charge in [0.05, 0.1) is 10.9 Å². The Balaban J connectivity index is 2.27. The third-order valence-corrected chi connectivity index (χ3v) is 5.44. The van der Waals surface area contributed by atoms with E-state index in [2.05, 4.69) is 46.7 Å². The van der Waals surface area contributed by atoms with Gasteiger partial charge in [0, 0.05) is 8.95 Å². The fourth-order valence-corrected chi connectivity index (χ4v) is 4.47. The second-order valence-corrected chi connectivity index (χ2v) is 7.55. The lowest BCUT2D eigenvalue weighted by atomic mass is 10.4. The number of nitrogens with zero attached hydrogens (tertiary/aromatic N) is 2. The maximum absolute atomic E-state index is 12.3. The largest absolute Gasteiger partial charge is 0.338 e. The smallest absolute Gasteiger partial charge is 0.244 e. The van der Waals surface area contributed by atoms with E-state index < -0.39 is 16.1 Å². The Kier molecular flexibility index (Phi) is 4.62. The van der Waals surface area contributed by atoms with E-state index in [4.69, 9.17) is 4.52 Å². The van der Waals surface area contributed by atoms with Crippen molar-refractivity contribution in [2.24, 2.45) is 0 Å². The minimum atomic E-state index is -3.69. The Morgan fingerprint density at radius 2 is 2.05 bits per heavy atom. The molecule has 1 N–H and O–H groups in total. The van der Waals surface area contributed by atoms with Crippen LogP contribution in [0.2, 0.25) is 0 Å². The van der Waals surface area contributed by atoms with Crippen molar-refractivity contribution in [1.82, 2.24) is 14.9 Å². The molecule has 108 valence electrons. The van der Waals surface area contributed by atoms with Crippen LogP contribution in [0.3, 0.4) is 0 Å². The lowest BCUT2D eigenvalue weighted by Crippen LogP contribution is -2.27. The molecule has 9 heteroatoms. The summed E-state index contributed by atoms with van der Waals surface area (Å²) >= 11 is 6.51. The fraction of sp³-hybridized carbons (Fsp3) is 0.273. The third kappa shape index (κ3) is 3.46. The van der Waals surface area contributed by atoms with Crippen LogP contribution in [0.25, 0.3) is 0 Å². The Morgan fingerprint density at radius 3 is 2.60 bits per heavy atom. The maximum atomic E-state index is 12.3. The van der Waals surface area contributed by atoms with Crippen molar-refractivity contribution in [1.29, 1.82) is 0 Å². The summed E-state index contributed by atoms with van der Waals surface area (Å²) in [4.78, 5) is 4.14. The average molecular weight is 425 g/mol. The van der Waals surface area contributed by atoms with Crippen LogP contribution >= 0.6 is 31.9 Å². The molecule has 0 radical (unpaired) electrons. The van der Waals surface area contributed by atoms with Crippen LogP contribution in [0, 0.1) is 6.92 Å². The van der Waals surface area contributed by atoms with Crippen LogP contribution in [-0.4, -0.2) is 18.6 Å². The van der Waals surface area contributed by atoms with E-state index in [0.717, 1.165) is 4.47 Å². The number of sulfonamides is 1. The van der Waals surface area contributed by atoms with Gasteiger partial charge >= 0.3 is 0 Å². The Hall–Kier alpha value is -0.770. The monoisotopic (exact) mass is 423 g/mol. The molecular weight excluding hydrogens is 414 g/mol. The zero-order valence-corrected chi connectivity index (χ0v) is 14.6. The van der Waals surface area contributed by atoms with Crippen LogP contribution in [0.5, 0.6) is 0 Å². The highest BCUT2D eigenvalue weighted by Gasteiger charge is 2.23. The number of hydrogen-bond donors (Lipinski definition) is 1. The van der Waals surface area contributed by atoms with Gasteiger partial charge in [-0.3, -0.25) is 0 Å². The number of aryl methyl sites for hydroxylation is 1. The van der Waals surface area contributed by atoms with Crippen LogP contribution in [0.4, 0.5) is 0 Å². The SMILES string of the molecule is Cc1noc(C(C)NS(=O)(=O)c2ccc(Br)cc2Br)n1. The van der Waals surface area contributed by atoms with Crippen LogP contribution in [0.15, 0.2) is 36.6 Å². The number of rotatable bonds is 4. The van der Waals surface area contributed by atoms with Gasteiger partial charge in [-0.1, -0.05) is 21.1 Å². The van der Waals surface area contributed by atoms with Gasteiger partial charge in [-0.2, -0.15) is 9.71 Å². The Bertz CT molecular complexity index is 730. The first kappa shape index (κ1) is 15.6. The van der Waals surface area contributed by atoms with Gasteiger partial charge in [0.1, 0.15) is 0 Å². The molecule has 20 heavy (non-hydrogen) atoms. The summed E-state index contributed by atoms with van der Waals surface area (Å²) < 4.78 is 33.3. The van der Waals surface area contributed by atoms with Crippen molar-refractivity contribution in [3.63, 3.8) is 0 Å². The standard InChI is InChI=1S/C11H11Br2N3O3S/c1-6(11-14-7(2)15-19-11)16-20(17,18)10-4-3-8(12)5-9(10)13/h3-6,16H,1-2H3. The van der Waals surface area contributed by atoms with Gasteiger partial charge in [0.2, 0.25) is 15.9 Å². The molecule has 0 fully saturated rings. The maximum Gasteiger partial charge on any atom is 0.244 e. The second-order valence-electron chi connectivity index (χ2n) is 4.10. The minimum Gasteiger partial charge on any atom is -0.338 e. The first-order valence-electron chi connectivity index (χ1n) is 5.57. The lowest BCUT2D eigenvalue weighted by molar-refractivity contribution is 0.351. The molecule has 0 spiro atoms. The number of nitrogens with one attached hydrogen (secondary N) is 1. The van der Waals surface area contributed by atoms with Crippen LogP contribution in [-0.2, 0) is 10.0 Å². The average Bonchev–Trinajstić information content (AvgIpc) is 2.74. The van der Waals surface area contributed by atoms with E-state index in [9.17, 15) is 8.42 Å². The molecule has 1 unspecified atom stereocenters. The van der Waals surface area contributed by atoms with E-state index in [1.165, 1.54) is 6.07 Å². The molecule has 0 aliphatic carbocycles. The molecule has 0 amide bonds. The molecule has 0 saturated carbocycles. The Morgan fingerprint density at radius 1 is 1.35 bits per heavy atom. The number of benzene rings is 1. The van der Waals surface area contributed by atoms with Crippen molar-refractivity contribution >= 4 is 41.9 Å². The first-order valence-corrected chi connectivity index (χ1v) is 8.64. The fourth-order valence-electron chi connectivity index (χ4n) is 1.53. The summed E-state index contributed by atoms with van der Waals surface area (Å²) in [6.45, 7) is 3.30. The van der Waals surface area contributed by atoms with Crippen LogP contribution in [0.1, 0.15) is 24.7 Å². The van der Waals surface area contributed by atoms with Gasteiger partial charge in [-0.15, -0.1) is 0 Å². The summed E-state index contributed by atoms with van der Waals surface area (Å²) in [6.07, 6.45) is 0. The molecule has 1 aromatic heterocycles. The normalized spacial score (nSPS) is 13.4. The Labute approximate surface area is 133 Å². The van der Waals surface area contributed by atoms with Crippen LogP contribution < -0.4 is 4.72 Å². The quantitative estimate of drug-likeness (QED) is 0.815. The highest BCUT2D eigenvalue weighted by Crippen LogP contribution is 2.26. The van der Waals surface area contributed by atoms with Gasteiger partial charge in [-0.25, -0.2) is 8.42 Å². The molecule has 1 atom stereocenters. The lowest BCUT2D eigenvalue weighted by Gasteiger charge is -2.12. The highest BCUT2D eigenvalue weighted by molar-refractivity contribution is 9.11. The molecule has 6 nitrogen and oxygen atoms in total.